The highest BCUT2D eigenvalue weighted by molar-refractivity contribution is 6.32. The van der Waals surface area contributed by atoms with Gasteiger partial charge in [-0.05, 0) is 25.5 Å². The number of pyridine rings is 1. The number of hydrogen-bond donors (Lipinski definition) is 0. The second-order valence-corrected chi connectivity index (χ2v) is 4.69. The molecule has 0 saturated carbocycles. The third kappa shape index (κ3) is 1.92. The van der Waals surface area contributed by atoms with E-state index >= 15 is 0 Å². The summed E-state index contributed by atoms with van der Waals surface area (Å²) in [5, 5.41) is 4.02. The molecule has 0 aliphatic carbocycles. The molecule has 0 aliphatic rings. The summed E-state index contributed by atoms with van der Waals surface area (Å²) in [6, 6.07) is 1.96. The van der Waals surface area contributed by atoms with Crippen LogP contribution in [0.1, 0.15) is 11.4 Å². The first-order valence-electron chi connectivity index (χ1n) is 5.73. The van der Waals surface area contributed by atoms with E-state index in [-0.39, 0.29) is 16.6 Å². The largest absolute Gasteiger partial charge is 0.334 e. The van der Waals surface area contributed by atoms with Crippen molar-refractivity contribution in [3.05, 3.63) is 40.3 Å². The topological polar surface area (TPSA) is 51.8 Å². The van der Waals surface area contributed by atoms with Gasteiger partial charge in [0.2, 0.25) is 0 Å². The van der Waals surface area contributed by atoms with E-state index in [2.05, 4.69) is 15.1 Å². The van der Waals surface area contributed by atoms with Crippen LogP contribution in [0.3, 0.4) is 0 Å². The minimum Gasteiger partial charge on any atom is -0.334 e. The fraction of sp³-hybridized carbons (Fsp3) is 0.154. The lowest BCUT2D eigenvalue weighted by atomic mass is 10.0. The molecule has 102 valence electrons. The molecule has 7 heteroatoms. The Hall–Kier alpha value is -2.08. The van der Waals surface area contributed by atoms with Crippen molar-refractivity contribution in [3.63, 3.8) is 0 Å². The first-order chi connectivity index (χ1) is 9.47. The van der Waals surface area contributed by atoms with Gasteiger partial charge in [-0.15, -0.1) is 0 Å². The molecule has 2 aromatic heterocycles. The molecule has 3 rings (SSSR count). The number of nitrogens with zero attached hydrogens (tertiary/aromatic N) is 3. The normalized spacial score (nSPS) is 11.2. The van der Waals surface area contributed by atoms with Crippen LogP contribution in [0.2, 0.25) is 5.15 Å². The van der Waals surface area contributed by atoms with Crippen LogP contribution in [0.5, 0.6) is 0 Å². The summed E-state index contributed by atoms with van der Waals surface area (Å²) >= 11 is 6.06. The molecule has 0 spiro atoms. The Balaban J connectivity index is 2.39. The Bertz CT molecular complexity index is 832. The van der Waals surface area contributed by atoms with Gasteiger partial charge in [0, 0.05) is 11.5 Å². The first-order valence-corrected chi connectivity index (χ1v) is 6.10. The lowest BCUT2D eigenvalue weighted by molar-refractivity contribution is 0.425. The summed E-state index contributed by atoms with van der Waals surface area (Å²) in [5.41, 5.74) is 0.917. The van der Waals surface area contributed by atoms with Crippen LogP contribution < -0.4 is 0 Å². The van der Waals surface area contributed by atoms with Crippen molar-refractivity contribution in [2.24, 2.45) is 0 Å². The number of benzene rings is 1. The van der Waals surface area contributed by atoms with Crippen molar-refractivity contribution in [2.45, 2.75) is 13.8 Å². The van der Waals surface area contributed by atoms with E-state index in [0.29, 0.717) is 22.3 Å². The van der Waals surface area contributed by atoms with Crippen LogP contribution in [-0.4, -0.2) is 15.1 Å². The van der Waals surface area contributed by atoms with Gasteiger partial charge in [-0.2, -0.15) is 4.98 Å². The van der Waals surface area contributed by atoms with E-state index in [4.69, 9.17) is 16.1 Å². The van der Waals surface area contributed by atoms with E-state index in [1.165, 1.54) is 6.07 Å². The summed E-state index contributed by atoms with van der Waals surface area (Å²) in [5.74, 6) is -0.849. The molecule has 0 fully saturated rings. The van der Waals surface area contributed by atoms with Gasteiger partial charge in [0.05, 0.1) is 5.56 Å². The zero-order valence-corrected chi connectivity index (χ0v) is 11.3. The van der Waals surface area contributed by atoms with E-state index in [9.17, 15) is 8.78 Å². The maximum absolute atomic E-state index is 13.7. The minimum atomic E-state index is -0.766. The number of aromatic nitrogens is 3. The first kappa shape index (κ1) is 12.9. The Morgan fingerprint density at radius 2 is 1.90 bits per heavy atom. The van der Waals surface area contributed by atoms with Gasteiger partial charge < -0.3 is 4.52 Å². The zero-order valence-electron chi connectivity index (χ0n) is 10.5. The van der Waals surface area contributed by atoms with Crippen molar-refractivity contribution in [2.75, 3.05) is 0 Å². The fourth-order valence-electron chi connectivity index (χ4n) is 2.06. The molecule has 2 heterocycles. The predicted octanol–water partition coefficient (Wildman–Crippen LogP) is 3.83. The van der Waals surface area contributed by atoms with Crippen LogP contribution in [0.25, 0.3) is 22.4 Å². The summed E-state index contributed by atoms with van der Waals surface area (Å²) in [6.45, 7) is 3.33. The average molecular weight is 296 g/mol. The molecule has 20 heavy (non-hydrogen) atoms. The third-order valence-electron chi connectivity index (χ3n) is 2.96. The lowest BCUT2D eigenvalue weighted by Crippen LogP contribution is -1.95. The van der Waals surface area contributed by atoms with Crippen LogP contribution in [-0.2, 0) is 0 Å². The van der Waals surface area contributed by atoms with E-state index < -0.39 is 11.6 Å². The number of fused-ring (bicyclic) bond motifs is 1. The predicted molar refractivity (Wildman–Crippen MR) is 69.4 cm³/mol. The Morgan fingerprint density at radius 1 is 1.15 bits per heavy atom. The average Bonchev–Trinajstić information content (AvgIpc) is 2.78. The quantitative estimate of drug-likeness (QED) is 0.640. The molecular weight excluding hydrogens is 288 g/mol. The number of aryl methyl sites for hydroxylation is 2. The highest BCUT2D eigenvalue weighted by Gasteiger charge is 2.19. The third-order valence-corrected chi connectivity index (χ3v) is 3.24. The second kappa shape index (κ2) is 4.49. The molecule has 0 radical (unpaired) electrons. The van der Waals surface area contributed by atoms with Gasteiger partial charge in [0.15, 0.2) is 11.6 Å². The Labute approximate surface area is 117 Å². The standard InChI is InChI=1S/C13H8ClF2N3O/c1-5-8-3-7(15)4-9(16)11(8)18-12(14)10(5)13-17-6(2)19-20-13/h3-4H,1-2H3. The van der Waals surface area contributed by atoms with E-state index in [1.54, 1.807) is 13.8 Å². The Kier molecular flexibility index (Phi) is 2.90. The van der Waals surface area contributed by atoms with Gasteiger partial charge >= 0.3 is 0 Å². The number of hydrogen-bond acceptors (Lipinski definition) is 4. The van der Waals surface area contributed by atoms with Gasteiger partial charge in [-0.3, -0.25) is 0 Å². The molecule has 0 unspecified atom stereocenters. The van der Waals surface area contributed by atoms with Crippen molar-refractivity contribution < 1.29 is 13.3 Å². The van der Waals surface area contributed by atoms with Crippen molar-refractivity contribution >= 4 is 22.5 Å². The number of rotatable bonds is 1. The van der Waals surface area contributed by atoms with Crippen LogP contribution in [0.15, 0.2) is 16.7 Å². The molecule has 4 nitrogen and oxygen atoms in total. The number of halogens is 3. The molecule has 0 bridgehead atoms. The maximum Gasteiger partial charge on any atom is 0.261 e. The molecule has 1 aromatic carbocycles. The zero-order chi connectivity index (χ0) is 14.4. The summed E-state index contributed by atoms with van der Waals surface area (Å²) in [4.78, 5) is 8.02. The highest BCUT2D eigenvalue weighted by Crippen LogP contribution is 2.34. The SMILES string of the molecule is Cc1noc(-c2c(Cl)nc3c(F)cc(F)cc3c2C)n1. The van der Waals surface area contributed by atoms with Crippen molar-refractivity contribution in [3.8, 4) is 11.5 Å². The monoisotopic (exact) mass is 295 g/mol. The molecule has 0 aliphatic heterocycles. The fourth-order valence-corrected chi connectivity index (χ4v) is 2.36. The van der Waals surface area contributed by atoms with Crippen LogP contribution in [0.4, 0.5) is 8.78 Å². The molecule has 0 N–H and O–H groups in total. The highest BCUT2D eigenvalue weighted by atomic mass is 35.5. The molecule has 3 aromatic rings. The van der Waals surface area contributed by atoms with Crippen molar-refractivity contribution in [1.29, 1.82) is 0 Å². The van der Waals surface area contributed by atoms with E-state index in [1.807, 2.05) is 0 Å². The van der Waals surface area contributed by atoms with Gasteiger partial charge in [0.25, 0.3) is 5.89 Å². The molecule has 0 saturated heterocycles. The summed E-state index contributed by atoms with van der Waals surface area (Å²) in [7, 11) is 0. The molecule has 0 amide bonds. The van der Waals surface area contributed by atoms with Gasteiger partial charge in [0.1, 0.15) is 16.5 Å². The smallest absolute Gasteiger partial charge is 0.261 e. The lowest BCUT2D eigenvalue weighted by Gasteiger charge is -2.08. The van der Waals surface area contributed by atoms with Gasteiger partial charge in [-0.25, -0.2) is 13.8 Å². The minimum absolute atomic E-state index is 0.00823. The van der Waals surface area contributed by atoms with E-state index in [0.717, 1.165) is 6.07 Å². The molecular formula is C13H8ClF2N3O. The maximum atomic E-state index is 13.7. The van der Waals surface area contributed by atoms with Crippen LogP contribution >= 0.6 is 11.6 Å². The molecule has 0 atom stereocenters. The second-order valence-electron chi connectivity index (χ2n) is 4.33. The van der Waals surface area contributed by atoms with Gasteiger partial charge in [-0.1, -0.05) is 16.8 Å². The Morgan fingerprint density at radius 3 is 2.55 bits per heavy atom. The summed E-state index contributed by atoms with van der Waals surface area (Å²) in [6.07, 6.45) is 0. The summed E-state index contributed by atoms with van der Waals surface area (Å²) < 4.78 is 32.1. The van der Waals surface area contributed by atoms with Crippen molar-refractivity contribution in [1.82, 2.24) is 15.1 Å². The van der Waals surface area contributed by atoms with Crippen LogP contribution in [0, 0.1) is 25.5 Å².